The molecule has 0 aromatic heterocycles. The molecule has 0 amide bonds. The van der Waals surface area contributed by atoms with E-state index in [0.29, 0.717) is 10.6 Å². The van der Waals surface area contributed by atoms with Crippen LogP contribution in [-0.4, -0.2) is 0 Å². The fourth-order valence-electron chi connectivity index (χ4n) is 2.29. The smallest absolute Gasteiger partial charge is 0.185 e. The van der Waals surface area contributed by atoms with Gasteiger partial charge in [-0.2, -0.15) is 21.0 Å². The first-order chi connectivity index (χ1) is 8.61. The lowest BCUT2D eigenvalue weighted by atomic mass is 9.98. The van der Waals surface area contributed by atoms with Crippen molar-refractivity contribution in [2.24, 2.45) is 10.8 Å². The molecule has 0 unspecified atom stereocenters. The molecule has 1 aliphatic carbocycles. The van der Waals surface area contributed by atoms with Gasteiger partial charge in [-0.3, -0.25) is 0 Å². The van der Waals surface area contributed by atoms with Crippen molar-refractivity contribution in [3.63, 3.8) is 0 Å². The van der Waals surface area contributed by atoms with Crippen LogP contribution in [0, 0.1) is 56.2 Å². The lowest BCUT2D eigenvalue weighted by molar-refractivity contribution is 0.727. The first kappa shape index (κ1) is 11.9. The number of hydrogen-bond donors (Lipinski definition) is 0. The number of benzene rings is 1. The van der Waals surface area contributed by atoms with Gasteiger partial charge < -0.3 is 0 Å². The summed E-state index contributed by atoms with van der Waals surface area (Å²) in [6.45, 7) is 0. The van der Waals surface area contributed by atoms with Gasteiger partial charge in [0.15, 0.2) is 10.8 Å². The monoisotopic (exact) mass is 252 g/mol. The van der Waals surface area contributed by atoms with Crippen molar-refractivity contribution in [1.82, 2.24) is 0 Å². The molecule has 5 heteroatoms. The van der Waals surface area contributed by atoms with Crippen molar-refractivity contribution in [2.75, 3.05) is 0 Å². The molecule has 1 fully saturated rings. The van der Waals surface area contributed by atoms with Crippen LogP contribution in [0.15, 0.2) is 24.3 Å². The summed E-state index contributed by atoms with van der Waals surface area (Å²) in [7, 11) is 0. The van der Waals surface area contributed by atoms with Crippen molar-refractivity contribution in [3.8, 4) is 24.3 Å². The summed E-state index contributed by atoms with van der Waals surface area (Å²) in [6.07, 6.45) is 0. The molecular formula is C13H5ClN4. The third-order valence-electron chi connectivity index (χ3n) is 3.31. The normalized spacial score (nSPS) is 18.7. The molecule has 0 atom stereocenters. The van der Waals surface area contributed by atoms with Crippen molar-refractivity contribution >= 4 is 11.6 Å². The van der Waals surface area contributed by atoms with Gasteiger partial charge in [-0.05, 0) is 17.7 Å². The highest BCUT2D eigenvalue weighted by Crippen LogP contribution is 2.73. The minimum Gasteiger partial charge on any atom is -0.196 e. The molecule has 0 N–H and O–H groups in total. The van der Waals surface area contributed by atoms with Crippen LogP contribution in [0.4, 0.5) is 0 Å². The van der Waals surface area contributed by atoms with E-state index >= 15 is 0 Å². The summed E-state index contributed by atoms with van der Waals surface area (Å²) in [5.41, 5.74) is -2.58. The van der Waals surface area contributed by atoms with Crippen LogP contribution in [-0.2, 0) is 0 Å². The topological polar surface area (TPSA) is 95.2 Å². The molecule has 1 saturated carbocycles. The Hall–Kier alpha value is -2.53. The fraction of sp³-hybridized carbons (Fsp3) is 0.231. The van der Waals surface area contributed by atoms with Crippen molar-refractivity contribution in [2.45, 2.75) is 5.92 Å². The first-order valence-electron chi connectivity index (χ1n) is 5.02. The van der Waals surface area contributed by atoms with Gasteiger partial charge in [-0.25, -0.2) is 0 Å². The van der Waals surface area contributed by atoms with E-state index in [1.165, 1.54) is 0 Å². The standard InChI is InChI=1S/C13H5ClN4/c14-10-3-1-9(2-4-10)11-12(5-15,6-16)13(11,7-17)8-18/h1-4,11H. The molecule has 84 valence electrons. The Labute approximate surface area is 109 Å². The summed E-state index contributed by atoms with van der Waals surface area (Å²) < 4.78 is 0. The summed E-state index contributed by atoms with van der Waals surface area (Å²) in [4.78, 5) is 0. The summed E-state index contributed by atoms with van der Waals surface area (Å²) in [5.74, 6) is -0.715. The second kappa shape index (κ2) is 3.75. The molecule has 18 heavy (non-hydrogen) atoms. The van der Waals surface area contributed by atoms with Crippen LogP contribution in [0.1, 0.15) is 11.5 Å². The van der Waals surface area contributed by atoms with Gasteiger partial charge in [0, 0.05) is 5.02 Å². The number of nitrogens with zero attached hydrogens (tertiary/aromatic N) is 4. The van der Waals surface area contributed by atoms with Gasteiger partial charge in [-0.1, -0.05) is 23.7 Å². The van der Waals surface area contributed by atoms with Crippen molar-refractivity contribution in [1.29, 1.82) is 21.0 Å². The molecule has 0 spiro atoms. The lowest BCUT2D eigenvalue weighted by Crippen LogP contribution is -2.05. The van der Waals surface area contributed by atoms with Gasteiger partial charge in [-0.15, -0.1) is 0 Å². The Balaban J connectivity index is 2.58. The molecule has 1 aromatic rings. The molecular weight excluding hydrogens is 248 g/mol. The quantitative estimate of drug-likeness (QED) is 0.767. The molecule has 2 rings (SSSR count). The average molecular weight is 253 g/mol. The molecule has 0 bridgehead atoms. The van der Waals surface area contributed by atoms with Crippen LogP contribution >= 0.6 is 11.6 Å². The highest BCUT2D eigenvalue weighted by molar-refractivity contribution is 6.30. The van der Waals surface area contributed by atoms with Crippen molar-refractivity contribution < 1.29 is 0 Å². The van der Waals surface area contributed by atoms with Crippen LogP contribution in [0.25, 0.3) is 0 Å². The average Bonchev–Trinajstić information content (AvgIpc) is 3.02. The van der Waals surface area contributed by atoms with E-state index in [0.717, 1.165) is 0 Å². The second-order valence-electron chi connectivity index (χ2n) is 4.05. The van der Waals surface area contributed by atoms with Crippen LogP contribution in [0.3, 0.4) is 0 Å². The molecule has 1 aromatic carbocycles. The Morgan fingerprint density at radius 3 is 1.56 bits per heavy atom. The maximum absolute atomic E-state index is 9.14. The van der Waals surface area contributed by atoms with Crippen molar-refractivity contribution in [3.05, 3.63) is 34.9 Å². The number of rotatable bonds is 1. The SMILES string of the molecule is N#CC1(C#N)C(c2ccc(Cl)cc2)C1(C#N)C#N. The van der Waals surface area contributed by atoms with Crippen LogP contribution < -0.4 is 0 Å². The molecule has 0 saturated heterocycles. The minimum atomic E-state index is -1.59. The van der Waals surface area contributed by atoms with Gasteiger partial charge in [0.2, 0.25) is 0 Å². The number of hydrogen-bond acceptors (Lipinski definition) is 4. The highest BCUT2D eigenvalue weighted by atomic mass is 35.5. The summed E-state index contributed by atoms with van der Waals surface area (Å²) in [5, 5.41) is 37.1. The van der Waals surface area contributed by atoms with E-state index in [1.54, 1.807) is 24.3 Å². The molecule has 4 nitrogen and oxygen atoms in total. The molecule has 0 radical (unpaired) electrons. The van der Waals surface area contributed by atoms with E-state index in [4.69, 9.17) is 32.6 Å². The third-order valence-corrected chi connectivity index (χ3v) is 3.57. The zero-order valence-corrected chi connectivity index (χ0v) is 9.81. The molecule has 0 heterocycles. The Morgan fingerprint density at radius 2 is 1.22 bits per heavy atom. The van der Waals surface area contributed by atoms with Crippen LogP contribution in [0.5, 0.6) is 0 Å². The van der Waals surface area contributed by atoms with Gasteiger partial charge >= 0.3 is 0 Å². The summed E-state index contributed by atoms with van der Waals surface area (Å²) >= 11 is 5.75. The second-order valence-corrected chi connectivity index (χ2v) is 4.48. The maximum atomic E-state index is 9.14. The maximum Gasteiger partial charge on any atom is 0.185 e. The minimum absolute atomic E-state index is 0.512. The Kier molecular flexibility index (Phi) is 2.49. The Morgan fingerprint density at radius 1 is 0.833 bits per heavy atom. The third kappa shape index (κ3) is 1.16. The molecule has 1 aliphatic rings. The van der Waals surface area contributed by atoms with Crippen LogP contribution in [0.2, 0.25) is 5.02 Å². The first-order valence-corrected chi connectivity index (χ1v) is 5.40. The van der Waals surface area contributed by atoms with E-state index < -0.39 is 16.7 Å². The van der Waals surface area contributed by atoms with Gasteiger partial charge in [0.05, 0.1) is 30.2 Å². The largest absolute Gasteiger partial charge is 0.196 e. The van der Waals surface area contributed by atoms with Gasteiger partial charge in [0.1, 0.15) is 0 Å². The highest BCUT2D eigenvalue weighted by Gasteiger charge is 2.81. The zero-order valence-electron chi connectivity index (χ0n) is 9.05. The van der Waals surface area contributed by atoms with E-state index in [9.17, 15) is 0 Å². The van der Waals surface area contributed by atoms with Gasteiger partial charge in [0.25, 0.3) is 0 Å². The number of nitriles is 4. The fourth-order valence-corrected chi connectivity index (χ4v) is 2.42. The van der Waals surface area contributed by atoms with E-state index in [2.05, 4.69) is 0 Å². The Bertz CT molecular complexity index is 597. The predicted molar refractivity (Wildman–Crippen MR) is 61.5 cm³/mol. The molecule has 0 aliphatic heterocycles. The van der Waals surface area contributed by atoms with E-state index in [1.807, 2.05) is 24.3 Å². The lowest BCUT2D eigenvalue weighted by Gasteiger charge is -1.98. The zero-order chi connectivity index (χ0) is 13.4. The predicted octanol–water partition coefficient (Wildman–Crippen LogP) is 2.50. The van der Waals surface area contributed by atoms with E-state index in [-0.39, 0.29) is 0 Å². The number of halogens is 1. The summed E-state index contributed by atoms with van der Waals surface area (Å²) in [6, 6.07) is 13.8.